The summed E-state index contributed by atoms with van der Waals surface area (Å²) in [4.78, 5) is 30.7. The van der Waals surface area contributed by atoms with Gasteiger partial charge in [-0.3, -0.25) is 14.5 Å². The molecule has 0 fully saturated rings. The Kier molecular flexibility index (Phi) is 4.10. The number of benzene rings is 1. The SMILES string of the molecule is CCN1CCc2c(c(S(=O)(=O)N(C)C)cc3[nH]c(=O)c(=O)[nH]c23)C1. The van der Waals surface area contributed by atoms with Gasteiger partial charge in [-0.15, -0.1) is 0 Å². The van der Waals surface area contributed by atoms with Crippen LogP contribution in [0.5, 0.6) is 0 Å². The molecule has 8 nitrogen and oxygen atoms in total. The van der Waals surface area contributed by atoms with E-state index < -0.39 is 21.1 Å². The standard InChI is InChI=1S/C15H20N4O4S/c1-4-19-6-5-9-10(8-19)12(24(22,23)18(2)3)7-11-13(9)17-15(21)14(20)16-11/h7H,4-6,8H2,1-3H3,(H,16,20)(H,17,21). The number of rotatable bonds is 3. The molecular formula is C15H20N4O4S. The molecule has 1 aliphatic rings. The van der Waals surface area contributed by atoms with E-state index in [-0.39, 0.29) is 4.90 Å². The van der Waals surface area contributed by atoms with E-state index in [4.69, 9.17) is 0 Å². The third-order valence-corrected chi connectivity index (χ3v) is 6.35. The van der Waals surface area contributed by atoms with Crippen LogP contribution in [0.1, 0.15) is 18.1 Å². The first-order valence-electron chi connectivity index (χ1n) is 7.71. The van der Waals surface area contributed by atoms with Crippen LogP contribution in [-0.2, 0) is 23.0 Å². The van der Waals surface area contributed by atoms with Gasteiger partial charge < -0.3 is 9.97 Å². The number of sulfonamides is 1. The number of fused-ring (bicyclic) bond motifs is 3. The maximum absolute atomic E-state index is 12.7. The van der Waals surface area contributed by atoms with Gasteiger partial charge in [-0.25, -0.2) is 12.7 Å². The highest BCUT2D eigenvalue weighted by molar-refractivity contribution is 7.89. The number of aromatic nitrogens is 2. The van der Waals surface area contributed by atoms with Crippen LogP contribution < -0.4 is 11.1 Å². The van der Waals surface area contributed by atoms with Gasteiger partial charge in [-0.05, 0) is 30.2 Å². The number of likely N-dealkylation sites (N-methyl/N-ethyl adjacent to an activating group) is 1. The Hall–Kier alpha value is -1.97. The van der Waals surface area contributed by atoms with Crippen molar-refractivity contribution in [3.63, 3.8) is 0 Å². The molecule has 0 aliphatic carbocycles. The van der Waals surface area contributed by atoms with E-state index in [1.807, 2.05) is 6.92 Å². The fraction of sp³-hybridized carbons (Fsp3) is 0.467. The number of hydrogen-bond donors (Lipinski definition) is 2. The fourth-order valence-electron chi connectivity index (χ4n) is 3.06. The molecule has 1 aliphatic heterocycles. The lowest BCUT2D eigenvalue weighted by molar-refractivity contribution is 0.265. The molecule has 0 amide bonds. The lowest BCUT2D eigenvalue weighted by Gasteiger charge is -2.30. The van der Waals surface area contributed by atoms with E-state index in [1.54, 1.807) is 0 Å². The van der Waals surface area contributed by atoms with Crippen LogP contribution in [0.15, 0.2) is 20.6 Å². The predicted octanol–water partition coefficient (Wildman–Crippen LogP) is -0.155. The first-order valence-corrected chi connectivity index (χ1v) is 9.15. The Bertz CT molecular complexity index is 1020. The Labute approximate surface area is 139 Å². The van der Waals surface area contributed by atoms with E-state index in [0.717, 1.165) is 23.0 Å². The monoisotopic (exact) mass is 352 g/mol. The third-order valence-electron chi connectivity index (χ3n) is 4.47. The van der Waals surface area contributed by atoms with Gasteiger partial charge in [0, 0.05) is 27.2 Å². The number of hydrogen-bond acceptors (Lipinski definition) is 5. The Morgan fingerprint density at radius 1 is 1.17 bits per heavy atom. The largest absolute Gasteiger partial charge is 0.316 e. The maximum Gasteiger partial charge on any atom is 0.314 e. The molecule has 1 aromatic carbocycles. The van der Waals surface area contributed by atoms with Crippen LogP contribution in [0.3, 0.4) is 0 Å². The molecule has 1 aromatic heterocycles. The molecular weight excluding hydrogens is 332 g/mol. The Balaban J connectivity index is 2.41. The Morgan fingerprint density at radius 3 is 2.46 bits per heavy atom. The summed E-state index contributed by atoms with van der Waals surface area (Å²) in [5, 5.41) is 0. The zero-order chi connectivity index (χ0) is 17.6. The summed E-state index contributed by atoms with van der Waals surface area (Å²) in [6.07, 6.45) is 0.610. The average molecular weight is 352 g/mol. The van der Waals surface area contributed by atoms with Gasteiger partial charge in [-0.1, -0.05) is 6.92 Å². The first kappa shape index (κ1) is 16.9. The molecule has 0 atom stereocenters. The van der Waals surface area contributed by atoms with Crippen LogP contribution in [0, 0.1) is 0 Å². The zero-order valence-corrected chi connectivity index (χ0v) is 14.7. The van der Waals surface area contributed by atoms with Crippen molar-refractivity contribution < 1.29 is 8.42 Å². The van der Waals surface area contributed by atoms with E-state index in [9.17, 15) is 18.0 Å². The number of H-pyrrole nitrogens is 2. The molecule has 3 rings (SSSR count). The van der Waals surface area contributed by atoms with Gasteiger partial charge >= 0.3 is 11.1 Å². The second-order valence-corrected chi connectivity index (χ2v) is 8.19. The van der Waals surface area contributed by atoms with E-state index in [0.29, 0.717) is 29.6 Å². The second-order valence-electron chi connectivity index (χ2n) is 6.07. The van der Waals surface area contributed by atoms with Crippen molar-refractivity contribution in [2.75, 3.05) is 27.2 Å². The summed E-state index contributed by atoms with van der Waals surface area (Å²) in [6.45, 7) is 4.09. The molecule has 2 heterocycles. The summed E-state index contributed by atoms with van der Waals surface area (Å²) in [5.41, 5.74) is 0.803. The molecule has 0 unspecified atom stereocenters. The number of aromatic amines is 2. The molecule has 24 heavy (non-hydrogen) atoms. The average Bonchev–Trinajstić information content (AvgIpc) is 2.54. The fourth-order valence-corrected chi connectivity index (χ4v) is 4.22. The molecule has 9 heteroatoms. The lowest BCUT2D eigenvalue weighted by Crippen LogP contribution is -2.35. The van der Waals surface area contributed by atoms with Gasteiger partial charge in [0.25, 0.3) is 0 Å². The van der Waals surface area contributed by atoms with Crippen molar-refractivity contribution in [2.24, 2.45) is 0 Å². The molecule has 2 aromatic rings. The minimum Gasteiger partial charge on any atom is -0.316 e. The Morgan fingerprint density at radius 2 is 1.83 bits per heavy atom. The van der Waals surface area contributed by atoms with E-state index >= 15 is 0 Å². The highest BCUT2D eigenvalue weighted by atomic mass is 32.2. The van der Waals surface area contributed by atoms with Crippen LogP contribution in [0.4, 0.5) is 0 Å². The molecule has 0 bridgehead atoms. The topological polar surface area (TPSA) is 106 Å². The van der Waals surface area contributed by atoms with Crippen LogP contribution in [-0.4, -0.2) is 54.8 Å². The smallest absolute Gasteiger partial charge is 0.314 e. The van der Waals surface area contributed by atoms with Crippen molar-refractivity contribution >= 4 is 21.1 Å². The highest BCUT2D eigenvalue weighted by Crippen LogP contribution is 2.31. The lowest BCUT2D eigenvalue weighted by atomic mass is 9.97. The number of nitrogens with one attached hydrogen (secondary N) is 2. The van der Waals surface area contributed by atoms with Gasteiger partial charge in [0.2, 0.25) is 10.0 Å². The van der Waals surface area contributed by atoms with Gasteiger partial charge in [0.05, 0.1) is 15.9 Å². The summed E-state index contributed by atoms with van der Waals surface area (Å²) in [5.74, 6) is 0. The predicted molar refractivity (Wildman–Crippen MR) is 90.7 cm³/mol. The molecule has 0 saturated heterocycles. The summed E-state index contributed by atoms with van der Waals surface area (Å²) >= 11 is 0. The first-order chi connectivity index (χ1) is 11.3. The summed E-state index contributed by atoms with van der Waals surface area (Å²) in [6, 6.07) is 1.44. The summed E-state index contributed by atoms with van der Waals surface area (Å²) in [7, 11) is -0.724. The molecule has 0 spiro atoms. The number of nitrogens with zero attached hydrogens (tertiary/aromatic N) is 2. The molecule has 130 valence electrons. The van der Waals surface area contributed by atoms with Crippen molar-refractivity contribution in [1.82, 2.24) is 19.2 Å². The minimum atomic E-state index is -3.67. The minimum absolute atomic E-state index is 0.177. The van der Waals surface area contributed by atoms with Crippen molar-refractivity contribution in [3.8, 4) is 0 Å². The summed E-state index contributed by atoms with van der Waals surface area (Å²) < 4.78 is 26.6. The van der Waals surface area contributed by atoms with Crippen LogP contribution in [0.25, 0.3) is 11.0 Å². The van der Waals surface area contributed by atoms with Crippen molar-refractivity contribution in [1.29, 1.82) is 0 Å². The highest BCUT2D eigenvalue weighted by Gasteiger charge is 2.29. The van der Waals surface area contributed by atoms with Crippen molar-refractivity contribution in [2.45, 2.75) is 24.8 Å². The second kappa shape index (κ2) is 5.83. The van der Waals surface area contributed by atoms with Gasteiger partial charge in [0.1, 0.15) is 0 Å². The molecule has 0 saturated carbocycles. The van der Waals surface area contributed by atoms with Gasteiger partial charge in [-0.2, -0.15) is 0 Å². The van der Waals surface area contributed by atoms with Crippen LogP contribution >= 0.6 is 0 Å². The zero-order valence-electron chi connectivity index (χ0n) is 13.8. The van der Waals surface area contributed by atoms with Crippen molar-refractivity contribution in [3.05, 3.63) is 37.9 Å². The molecule has 2 N–H and O–H groups in total. The quantitative estimate of drug-likeness (QED) is 0.747. The molecule has 0 radical (unpaired) electrons. The van der Waals surface area contributed by atoms with Crippen LogP contribution in [0.2, 0.25) is 0 Å². The van der Waals surface area contributed by atoms with E-state index in [1.165, 1.54) is 20.2 Å². The van der Waals surface area contributed by atoms with E-state index in [2.05, 4.69) is 14.9 Å². The third kappa shape index (κ3) is 2.58. The normalized spacial score (nSPS) is 15.8. The maximum atomic E-state index is 12.7. The van der Waals surface area contributed by atoms with Gasteiger partial charge in [0.15, 0.2) is 0 Å².